The summed E-state index contributed by atoms with van der Waals surface area (Å²) in [7, 11) is 0. The van der Waals surface area contributed by atoms with Gasteiger partial charge in [0.2, 0.25) is 0 Å². The van der Waals surface area contributed by atoms with Crippen LogP contribution in [0.4, 0.5) is 0 Å². The van der Waals surface area contributed by atoms with Crippen molar-refractivity contribution in [3.05, 3.63) is 29.3 Å². The molecule has 0 aliphatic carbocycles. The van der Waals surface area contributed by atoms with Gasteiger partial charge in [-0.1, -0.05) is 39.5 Å². The second-order valence-corrected chi connectivity index (χ2v) is 6.29. The van der Waals surface area contributed by atoms with Gasteiger partial charge in [-0.3, -0.25) is 0 Å². The van der Waals surface area contributed by atoms with Crippen LogP contribution in [0.2, 0.25) is 0 Å². The summed E-state index contributed by atoms with van der Waals surface area (Å²) >= 11 is 1.54. The number of unbranched alkanes of at least 4 members (excludes halogenated alkanes) is 2. The van der Waals surface area contributed by atoms with Gasteiger partial charge in [0.15, 0.2) is 0 Å². The lowest BCUT2D eigenvalue weighted by atomic mass is 10.00. The zero-order valence-electron chi connectivity index (χ0n) is 12.8. The molecule has 21 heavy (non-hydrogen) atoms. The first-order chi connectivity index (χ1) is 10.2. The summed E-state index contributed by atoms with van der Waals surface area (Å²) in [6.07, 6.45) is 5.91. The second kappa shape index (κ2) is 8.13. The van der Waals surface area contributed by atoms with Crippen LogP contribution in [0.15, 0.2) is 23.7 Å². The number of esters is 1. The van der Waals surface area contributed by atoms with Crippen LogP contribution in [-0.2, 0) is 4.74 Å². The molecule has 0 aliphatic heterocycles. The van der Waals surface area contributed by atoms with Crippen molar-refractivity contribution < 1.29 is 9.53 Å². The van der Waals surface area contributed by atoms with Gasteiger partial charge in [0.25, 0.3) is 0 Å². The number of nitrogens with zero attached hydrogens (tertiary/aromatic N) is 1. The molecule has 1 heterocycles. The van der Waals surface area contributed by atoms with E-state index in [1.54, 1.807) is 22.9 Å². The summed E-state index contributed by atoms with van der Waals surface area (Å²) in [6, 6.07) is 5.54. The van der Waals surface area contributed by atoms with E-state index in [4.69, 9.17) is 4.74 Å². The smallest absolute Gasteiger partial charge is 0.338 e. The van der Waals surface area contributed by atoms with E-state index in [2.05, 4.69) is 18.8 Å². The molecule has 0 saturated carbocycles. The minimum absolute atomic E-state index is 0.223. The molecule has 2 rings (SSSR count). The van der Waals surface area contributed by atoms with Crippen LogP contribution < -0.4 is 0 Å². The maximum Gasteiger partial charge on any atom is 0.338 e. The number of rotatable bonds is 8. The van der Waals surface area contributed by atoms with Crippen molar-refractivity contribution in [1.29, 1.82) is 0 Å². The Morgan fingerprint density at radius 1 is 1.33 bits per heavy atom. The molecular weight excluding hydrogens is 282 g/mol. The summed E-state index contributed by atoms with van der Waals surface area (Å²) in [5, 5.41) is 0. The Morgan fingerprint density at radius 2 is 2.19 bits per heavy atom. The van der Waals surface area contributed by atoms with Gasteiger partial charge >= 0.3 is 5.97 Å². The second-order valence-electron chi connectivity index (χ2n) is 5.40. The molecule has 0 fully saturated rings. The number of ether oxygens (including phenoxy) is 1. The quantitative estimate of drug-likeness (QED) is 0.505. The zero-order chi connectivity index (χ0) is 15.1. The molecule has 2 aromatic rings. The molecule has 0 N–H and O–H groups in total. The van der Waals surface area contributed by atoms with Crippen molar-refractivity contribution in [1.82, 2.24) is 4.98 Å². The number of benzene rings is 1. The number of hydrogen-bond acceptors (Lipinski definition) is 4. The molecule has 3 nitrogen and oxygen atoms in total. The van der Waals surface area contributed by atoms with E-state index in [9.17, 15) is 4.79 Å². The van der Waals surface area contributed by atoms with E-state index in [1.807, 2.05) is 12.1 Å². The maximum atomic E-state index is 12.1. The van der Waals surface area contributed by atoms with Gasteiger partial charge in [-0.05, 0) is 30.5 Å². The Morgan fingerprint density at radius 3 is 2.95 bits per heavy atom. The molecule has 0 radical (unpaired) electrons. The van der Waals surface area contributed by atoms with Gasteiger partial charge in [0, 0.05) is 0 Å². The fraction of sp³-hybridized carbons (Fsp3) is 0.529. The minimum atomic E-state index is -0.223. The highest BCUT2D eigenvalue weighted by atomic mass is 32.1. The van der Waals surface area contributed by atoms with Crippen molar-refractivity contribution in [2.24, 2.45) is 5.92 Å². The Bertz CT molecular complexity index is 579. The molecule has 0 bridgehead atoms. The zero-order valence-corrected chi connectivity index (χ0v) is 13.6. The Balaban J connectivity index is 1.87. The average Bonchev–Trinajstić information content (AvgIpc) is 2.97. The van der Waals surface area contributed by atoms with Crippen LogP contribution in [0.1, 0.15) is 56.3 Å². The van der Waals surface area contributed by atoms with Gasteiger partial charge in [-0.25, -0.2) is 9.78 Å². The van der Waals surface area contributed by atoms with Gasteiger partial charge in [0.05, 0.1) is 27.9 Å². The van der Waals surface area contributed by atoms with Crippen molar-refractivity contribution in [2.45, 2.75) is 46.0 Å². The van der Waals surface area contributed by atoms with Crippen LogP contribution in [0.25, 0.3) is 10.2 Å². The van der Waals surface area contributed by atoms with Gasteiger partial charge in [-0.15, -0.1) is 11.3 Å². The largest absolute Gasteiger partial charge is 0.462 e. The minimum Gasteiger partial charge on any atom is -0.462 e. The molecule has 4 heteroatoms. The van der Waals surface area contributed by atoms with E-state index in [1.165, 1.54) is 19.3 Å². The number of fused-ring (bicyclic) bond motifs is 1. The molecule has 0 amide bonds. The highest BCUT2D eigenvalue weighted by Gasteiger charge is 2.12. The van der Waals surface area contributed by atoms with Crippen LogP contribution in [-0.4, -0.2) is 17.6 Å². The molecule has 114 valence electrons. The molecule has 0 spiro atoms. The summed E-state index contributed by atoms with van der Waals surface area (Å²) in [6.45, 7) is 4.89. The third kappa shape index (κ3) is 4.53. The lowest BCUT2D eigenvalue weighted by Crippen LogP contribution is -2.14. The number of thiazole rings is 1. The van der Waals surface area contributed by atoms with E-state index in [0.717, 1.165) is 23.1 Å². The van der Waals surface area contributed by atoms with Crippen molar-refractivity contribution in [3.8, 4) is 0 Å². The SMILES string of the molecule is CCCCCC(CC)COC(=O)c1ccc2ncsc2c1. The molecule has 1 aromatic heterocycles. The van der Waals surface area contributed by atoms with E-state index in [0.29, 0.717) is 18.1 Å². The highest BCUT2D eigenvalue weighted by Crippen LogP contribution is 2.20. The third-order valence-corrected chi connectivity index (χ3v) is 4.60. The maximum absolute atomic E-state index is 12.1. The van der Waals surface area contributed by atoms with Gasteiger partial charge in [0.1, 0.15) is 0 Å². The first-order valence-corrected chi connectivity index (χ1v) is 8.63. The Labute approximate surface area is 130 Å². The van der Waals surface area contributed by atoms with E-state index < -0.39 is 0 Å². The molecule has 0 saturated heterocycles. The monoisotopic (exact) mass is 305 g/mol. The highest BCUT2D eigenvalue weighted by molar-refractivity contribution is 7.16. The van der Waals surface area contributed by atoms with Crippen LogP contribution in [0.3, 0.4) is 0 Å². The van der Waals surface area contributed by atoms with Crippen LogP contribution in [0.5, 0.6) is 0 Å². The summed E-state index contributed by atoms with van der Waals surface area (Å²) in [4.78, 5) is 16.3. The first kappa shape index (κ1) is 16.0. The Kier molecular flexibility index (Phi) is 6.18. The Hall–Kier alpha value is -1.42. The van der Waals surface area contributed by atoms with Crippen LogP contribution >= 0.6 is 11.3 Å². The summed E-state index contributed by atoms with van der Waals surface area (Å²) in [5.74, 6) is 0.256. The summed E-state index contributed by atoms with van der Waals surface area (Å²) < 4.78 is 6.51. The number of carbonyl (C=O) groups excluding carboxylic acids is 1. The van der Waals surface area contributed by atoms with Crippen molar-refractivity contribution >= 4 is 27.5 Å². The fourth-order valence-corrected chi connectivity index (χ4v) is 3.06. The predicted octanol–water partition coefficient (Wildman–Crippen LogP) is 5.06. The number of carbonyl (C=O) groups is 1. The predicted molar refractivity (Wildman–Crippen MR) is 87.8 cm³/mol. The first-order valence-electron chi connectivity index (χ1n) is 7.75. The van der Waals surface area contributed by atoms with E-state index in [-0.39, 0.29) is 5.97 Å². The van der Waals surface area contributed by atoms with E-state index >= 15 is 0 Å². The van der Waals surface area contributed by atoms with Gasteiger partial charge < -0.3 is 4.74 Å². The fourth-order valence-electron chi connectivity index (χ4n) is 2.35. The molecule has 1 atom stereocenters. The normalized spacial score (nSPS) is 12.5. The van der Waals surface area contributed by atoms with Crippen molar-refractivity contribution in [2.75, 3.05) is 6.61 Å². The number of hydrogen-bond donors (Lipinski definition) is 0. The van der Waals surface area contributed by atoms with Crippen LogP contribution in [0, 0.1) is 5.92 Å². The standard InChI is InChI=1S/C17H23NO2S/c1-3-5-6-7-13(4-2)11-20-17(19)14-8-9-15-16(10-14)21-12-18-15/h8-10,12-13H,3-7,11H2,1-2H3. The average molecular weight is 305 g/mol. The molecule has 0 aliphatic rings. The van der Waals surface area contributed by atoms with Gasteiger partial charge in [-0.2, -0.15) is 0 Å². The topological polar surface area (TPSA) is 39.2 Å². The molecule has 1 aromatic carbocycles. The summed E-state index contributed by atoms with van der Waals surface area (Å²) in [5.41, 5.74) is 3.35. The third-order valence-electron chi connectivity index (χ3n) is 3.81. The molecule has 1 unspecified atom stereocenters. The lowest BCUT2D eigenvalue weighted by molar-refractivity contribution is 0.0428. The van der Waals surface area contributed by atoms with Crippen molar-refractivity contribution in [3.63, 3.8) is 0 Å². The lowest BCUT2D eigenvalue weighted by Gasteiger charge is -2.14. The molecular formula is C17H23NO2S. The number of aromatic nitrogens is 1.